The Balaban J connectivity index is 1.67. The molecule has 0 aliphatic carbocycles. The van der Waals surface area contributed by atoms with Gasteiger partial charge < -0.3 is 30.7 Å². The molecule has 0 aromatic heterocycles. The van der Waals surface area contributed by atoms with Crippen LogP contribution in [0.1, 0.15) is 63.5 Å². The van der Waals surface area contributed by atoms with E-state index in [1.165, 1.54) is 0 Å². The summed E-state index contributed by atoms with van der Waals surface area (Å²) in [5, 5.41) is 17.8. The summed E-state index contributed by atoms with van der Waals surface area (Å²) in [5.74, 6) is 0.152. The lowest BCUT2D eigenvalue weighted by molar-refractivity contribution is -0.130. The maximum Gasteiger partial charge on any atom is 0.318 e. The summed E-state index contributed by atoms with van der Waals surface area (Å²) >= 11 is 0. The van der Waals surface area contributed by atoms with Crippen LogP contribution in [0.3, 0.4) is 0 Å². The van der Waals surface area contributed by atoms with Gasteiger partial charge in [0.15, 0.2) is 0 Å². The van der Waals surface area contributed by atoms with Crippen LogP contribution in [0.4, 0.5) is 4.79 Å². The van der Waals surface area contributed by atoms with Gasteiger partial charge >= 0.3 is 6.03 Å². The van der Waals surface area contributed by atoms with Crippen molar-refractivity contribution < 1.29 is 24.2 Å². The minimum Gasteiger partial charge on any atom is -0.489 e. The van der Waals surface area contributed by atoms with Gasteiger partial charge in [-0.2, -0.15) is 0 Å². The quantitative estimate of drug-likeness (QED) is 0.260. The SMILES string of the molecule is CC(C)C[C@H](NC(=O)N1CCCCCC1)C(=O)N[C@@H](Cc1ccc(OCc2ccccc2)cc1)C(=O)NCCCO. The molecule has 0 spiro atoms. The number of nitrogens with one attached hydrogen (secondary N) is 3. The van der Waals surface area contributed by atoms with Crippen molar-refractivity contribution in [2.75, 3.05) is 26.2 Å². The van der Waals surface area contributed by atoms with E-state index in [9.17, 15) is 14.4 Å². The minimum atomic E-state index is -0.845. The zero-order valence-corrected chi connectivity index (χ0v) is 24.4. The van der Waals surface area contributed by atoms with Crippen molar-refractivity contribution in [1.82, 2.24) is 20.9 Å². The van der Waals surface area contributed by atoms with Crippen molar-refractivity contribution in [2.45, 2.75) is 77.5 Å². The smallest absolute Gasteiger partial charge is 0.318 e. The number of urea groups is 1. The summed E-state index contributed by atoms with van der Waals surface area (Å²) in [6.45, 7) is 6.08. The zero-order chi connectivity index (χ0) is 29.5. The lowest BCUT2D eigenvalue weighted by atomic mass is 10.0. The van der Waals surface area contributed by atoms with Gasteiger partial charge in [0.1, 0.15) is 24.4 Å². The molecule has 2 atom stereocenters. The number of rotatable bonds is 14. The van der Waals surface area contributed by atoms with Gasteiger partial charge in [-0.3, -0.25) is 9.59 Å². The van der Waals surface area contributed by atoms with Gasteiger partial charge in [-0.05, 0) is 54.9 Å². The highest BCUT2D eigenvalue weighted by molar-refractivity contribution is 5.92. The van der Waals surface area contributed by atoms with E-state index in [1.54, 1.807) is 4.90 Å². The Bertz CT molecular complexity index is 1070. The Labute approximate surface area is 244 Å². The fourth-order valence-electron chi connectivity index (χ4n) is 4.81. The van der Waals surface area contributed by atoms with Crippen LogP contribution in [0, 0.1) is 5.92 Å². The van der Waals surface area contributed by atoms with E-state index in [-0.39, 0.29) is 36.8 Å². The molecule has 0 bridgehead atoms. The van der Waals surface area contributed by atoms with Gasteiger partial charge in [0.2, 0.25) is 11.8 Å². The third-order valence-corrected chi connectivity index (χ3v) is 7.09. The highest BCUT2D eigenvalue weighted by Gasteiger charge is 2.29. The number of nitrogens with zero attached hydrogens (tertiary/aromatic N) is 1. The summed E-state index contributed by atoms with van der Waals surface area (Å²) in [4.78, 5) is 41.4. The standard InChI is InChI=1S/C32H46N4O5/c1-24(2)21-28(35-32(40)36-18-8-3-4-9-19-36)31(39)34-29(30(38)33-17-10-20-37)22-25-13-15-27(16-14-25)41-23-26-11-6-5-7-12-26/h5-7,11-16,24,28-29,37H,3-4,8-10,17-23H2,1-2H3,(H,33,38)(H,34,39)(H,35,40)/t28-,29-/m0/s1. The molecular formula is C32H46N4O5. The average molecular weight is 567 g/mol. The first-order valence-electron chi connectivity index (χ1n) is 14.9. The molecule has 1 aliphatic rings. The van der Waals surface area contributed by atoms with E-state index in [4.69, 9.17) is 9.84 Å². The van der Waals surface area contributed by atoms with E-state index in [0.29, 0.717) is 44.8 Å². The second kappa shape index (κ2) is 17.3. The van der Waals surface area contributed by atoms with Gasteiger partial charge in [0.25, 0.3) is 0 Å². The topological polar surface area (TPSA) is 120 Å². The zero-order valence-electron chi connectivity index (χ0n) is 24.4. The molecule has 2 aromatic rings. The molecule has 0 unspecified atom stereocenters. The summed E-state index contributed by atoms with van der Waals surface area (Å²) in [6, 6.07) is 15.5. The van der Waals surface area contributed by atoms with Gasteiger partial charge in [0, 0.05) is 32.7 Å². The average Bonchev–Trinajstić information content (AvgIpc) is 3.26. The number of hydrogen-bond donors (Lipinski definition) is 4. The first kappa shape index (κ1) is 31.9. The normalized spacial score (nSPS) is 15.0. The van der Waals surface area contributed by atoms with Crippen molar-refractivity contribution in [3.63, 3.8) is 0 Å². The number of amides is 4. The molecule has 2 aromatic carbocycles. The molecule has 3 rings (SSSR count). The highest BCUT2D eigenvalue weighted by atomic mass is 16.5. The summed E-state index contributed by atoms with van der Waals surface area (Å²) in [7, 11) is 0. The van der Waals surface area contributed by atoms with Crippen LogP contribution in [0.15, 0.2) is 54.6 Å². The van der Waals surface area contributed by atoms with Crippen molar-refractivity contribution in [3.8, 4) is 5.75 Å². The third-order valence-electron chi connectivity index (χ3n) is 7.09. The molecule has 4 N–H and O–H groups in total. The van der Waals surface area contributed by atoms with Gasteiger partial charge in [0.05, 0.1) is 0 Å². The van der Waals surface area contributed by atoms with Crippen molar-refractivity contribution in [1.29, 1.82) is 0 Å². The predicted molar refractivity (Wildman–Crippen MR) is 159 cm³/mol. The second-order valence-electron chi connectivity index (χ2n) is 11.1. The van der Waals surface area contributed by atoms with Crippen LogP contribution in [-0.4, -0.2) is 66.2 Å². The Morgan fingerprint density at radius 3 is 2.17 bits per heavy atom. The number of aliphatic hydroxyl groups is 1. The Morgan fingerprint density at radius 2 is 1.54 bits per heavy atom. The monoisotopic (exact) mass is 566 g/mol. The first-order chi connectivity index (χ1) is 19.9. The molecule has 1 saturated heterocycles. The Kier molecular flexibility index (Phi) is 13.5. The molecule has 9 heteroatoms. The number of carbonyl (C=O) groups is 3. The lowest BCUT2D eigenvalue weighted by Crippen LogP contribution is -2.56. The van der Waals surface area contributed by atoms with Crippen LogP contribution >= 0.6 is 0 Å². The molecule has 1 heterocycles. The van der Waals surface area contributed by atoms with Crippen molar-refractivity contribution in [2.24, 2.45) is 5.92 Å². The number of hydrogen-bond acceptors (Lipinski definition) is 5. The van der Waals surface area contributed by atoms with Gasteiger partial charge in [-0.25, -0.2) is 4.79 Å². The predicted octanol–water partition coefficient (Wildman–Crippen LogP) is 3.79. The number of benzene rings is 2. The van der Waals surface area contributed by atoms with Crippen molar-refractivity contribution in [3.05, 3.63) is 65.7 Å². The summed E-state index contributed by atoms with van der Waals surface area (Å²) < 4.78 is 5.88. The number of aliphatic hydroxyl groups excluding tert-OH is 1. The van der Waals surface area contributed by atoms with Crippen LogP contribution in [0.25, 0.3) is 0 Å². The molecule has 1 fully saturated rings. The lowest BCUT2D eigenvalue weighted by Gasteiger charge is -2.27. The maximum absolute atomic E-state index is 13.5. The molecule has 0 radical (unpaired) electrons. The third kappa shape index (κ3) is 11.4. The van der Waals surface area contributed by atoms with Crippen LogP contribution in [0.5, 0.6) is 5.75 Å². The molecule has 9 nitrogen and oxygen atoms in total. The molecule has 224 valence electrons. The van der Waals surface area contributed by atoms with Crippen LogP contribution < -0.4 is 20.7 Å². The van der Waals surface area contributed by atoms with Gasteiger partial charge in [-0.1, -0.05) is 69.2 Å². The van der Waals surface area contributed by atoms with E-state index >= 15 is 0 Å². The Hall–Kier alpha value is -3.59. The van der Waals surface area contributed by atoms with Crippen LogP contribution in [0.2, 0.25) is 0 Å². The van der Waals surface area contributed by atoms with E-state index in [1.807, 2.05) is 68.4 Å². The fraction of sp³-hybridized carbons (Fsp3) is 0.531. The van der Waals surface area contributed by atoms with Crippen molar-refractivity contribution >= 4 is 17.8 Å². The maximum atomic E-state index is 13.5. The number of carbonyl (C=O) groups excluding carboxylic acids is 3. The van der Waals surface area contributed by atoms with Crippen LogP contribution in [-0.2, 0) is 22.6 Å². The molecule has 0 saturated carbocycles. The first-order valence-corrected chi connectivity index (χ1v) is 14.9. The van der Waals surface area contributed by atoms with E-state index < -0.39 is 12.1 Å². The highest BCUT2D eigenvalue weighted by Crippen LogP contribution is 2.16. The Morgan fingerprint density at radius 1 is 0.854 bits per heavy atom. The number of ether oxygens (including phenoxy) is 1. The van der Waals surface area contributed by atoms with Gasteiger partial charge in [-0.15, -0.1) is 0 Å². The molecule has 4 amide bonds. The molecular weight excluding hydrogens is 520 g/mol. The minimum absolute atomic E-state index is 0.0409. The van der Waals surface area contributed by atoms with E-state index in [2.05, 4.69) is 16.0 Å². The van der Waals surface area contributed by atoms with E-state index in [0.717, 1.165) is 36.8 Å². The summed E-state index contributed by atoms with van der Waals surface area (Å²) in [5.41, 5.74) is 1.92. The largest absolute Gasteiger partial charge is 0.489 e. The second-order valence-corrected chi connectivity index (χ2v) is 11.1. The summed E-state index contributed by atoms with van der Waals surface area (Å²) in [6.07, 6.45) is 5.27. The molecule has 41 heavy (non-hydrogen) atoms. The molecule has 1 aliphatic heterocycles. The number of likely N-dealkylation sites (tertiary alicyclic amines) is 1. The fourth-order valence-corrected chi connectivity index (χ4v) is 4.81.